The summed E-state index contributed by atoms with van der Waals surface area (Å²) in [5, 5.41) is 28.7. The Morgan fingerprint density at radius 3 is 2.40 bits per heavy atom. The summed E-state index contributed by atoms with van der Waals surface area (Å²) in [6.07, 6.45) is 9.54. The molecule has 0 saturated heterocycles. The highest BCUT2D eigenvalue weighted by atomic mass is 16.5. The predicted octanol–water partition coefficient (Wildman–Crippen LogP) is 3.77. The number of carbonyl (C=O) groups excluding carboxylic acids is 1. The lowest BCUT2D eigenvalue weighted by Crippen LogP contribution is -2.52. The van der Waals surface area contributed by atoms with E-state index in [1.54, 1.807) is 11.1 Å². The lowest BCUT2D eigenvalue weighted by Gasteiger charge is -2.55. The number of fused-ring (bicyclic) bond motifs is 2. The van der Waals surface area contributed by atoms with Crippen LogP contribution in [0.5, 0.6) is 0 Å². The van der Waals surface area contributed by atoms with Gasteiger partial charge in [-0.25, -0.2) is 0 Å². The Kier molecular flexibility index (Phi) is 6.86. The first-order chi connectivity index (χ1) is 14.2. The van der Waals surface area contributed by atoms with E-state index in [0.717, 1.165) is 44.9 Å². The van der Waals surface area contributed by atoms with E-state index in [2.05, 4.69) is 26.8 Å². The molecule has 0 aromatic carbocycles. The Hall–Kier alpha value is -1.17. The zero-order valence-electron chi connectivity index (χ0n) is 19.2. The monoisotopic (exact) mass is 420 g/mol. The lowest BCUT2D eigenvalue weighted by molar-refractivity contribution is -0.173. The molecule has 0 unspecified atom stereocenters. The molecule has 3 N–H and O–H groups in total. The van der Waals surface area contributed by atoms with Crippen molar-refractivity contribution in [3.05, 3.63) is 22.8 Å². The van der Waals surface area contributed by atoms with Crippen molar-refractivity contribution in [2.45, 2.75) is 72.6 Å². The highest BCUT2D eigenvalue weighted by Crippen LogP contribution is 2.62. The topological polar surface area (TPSA) is 87.0 Å². The van der Waals surface area contributed by atoms with E-state index in [-0.39, 0.29) is 23.9 Å². The van der Waals surface area contributed by atoms with E-state index < -0.39 is 30.7 Å². The molecule has 0 spiro atoms. The van der Waals surface area contributed by atoms with Gasteiger partial charge in [0.15, 0.2) is 0 Å². The van der Waals surface area contributed by atoms with Crippen molar-refractivity contribution in [2.24, 2.45) is 28.1 Å². The second kappa shape index (κ2) is 8.76. The average molecular weight is 421 g/mol. The third-order valence-electron chi connectivity index (χ3n) is 8.46. The minimum Gasteiger partial charge on any atom is -0.464 e. The van der Waals surface area contributed by atoms with Crippen LogP contribution in [0.2, 0.25) is 0 Å². The van der Waals surface area contributed by atoms with Gasteiger partial charge in [-0.1, -0.05) is 44.4 Å². The van der Waals surface area contributed by atoms with E-state index in [4.69, 9.17) is 4.74 Å². The number of esters is 1. The number of allylic oxidation sites excluding steroid dienone is 4. The highest BCUT2D eigenvalue weighted by molar-refractivity contribution is 5.77. The summed E-state index contributed by atoms with van der Waals surface area (Å²) >= 11 is 0. The summed E-state index contributed by atoms with van der Waals surface area (Å²) in [4.78, 5) is 13.3. The number of carbonyl (C=O) groups is 1. The fraction of sp³-hybridized carbons (Fsp3) is 0.800. The molecule has 1 saturated carbocycles. The van der Waals surface area contributed by atoms with Crippen molar-refractivity contribution >= 4 is 5.97 Å². The third kappa shape index (κ3) is 3.89. The first kappa shape index (κ1) is 23.5. The molecule has 3 aliphatic carbocycles. The Morgan fingerprint density at radius 1 is 1.13 bits per heavy atom. The van der Waals surface area contributed by atoms with Crippen LogP contribution in [0.25, 0.3) is 0 Å². The lowest BCUT2D eigenvalue weighted by atomic mass is 9.48. The van der Waals surface area contributed by atoms with Gasteiger partial charge in [-0.2, -0.15) is 0 Å². The molecule has 0 bridgehead atoms. The molecule has 5 nitrogen and oxygen atoms in total. The van der Waals surface area contributed by atoms with Crippen molar-refractivity contribution in [1.29, 1.82) is 0 Å². The van der Waals surface area contributed by atoms with Crippen molar-refractivity contribution in [2.75, 3.05) is 26.4 Å². The molecule has 3 aliphatic rings. The summed E-state index contributed by atoms with van der Waals surface area (Å²) < 4.78 is 5.65. The molecule has 0 heterocycles. The SMILES string of the molecule is CC(C)C1=CC2=C(CC1)[C@@]1(C)CCC[C@@](C)(C(=O)OCC(CO)(CO)CO)[C@@H]1CC2. The fourth-order valence-corrected chi connectivity index (χ4v) is 6.23. The molecule has 0 aromatic rings. The van der Waals surface area contributed by atoms with Crippen molar-refractivity contribution in [3.8, 4) is 0 Å². The maximum absolute atomic E-state index is 13.3. The van der Waals surface area contributed by atoms with Crippen LogP contribution < -0.4 is 0 Å². The minimum absolute atomic E-state index is 0.0145. The Bertz CT molecular complexity index is 709. The molecular formula is C25H40O5. The van der Waals surface area contributed by atoms with E-state index >= 15 is 0 Å². The largest absolute Gasteiger partial charge is 0.464 e. The molecule has 0 aromatic heterocycles. The molecule has 3 rings (SSSR count). The molecule has 0 amide bonds. The van der Waals surface area contributed by atoms with Gasteiger partial charge in [-0.15, -0.1) is 0 Å². The van der Waals surface area contributed by atoms with Crippen LogP contribution in [0.3, 0.4) is 0 Å². The predicted molar refractivity (Wildman–Crippen MR) is 117 cm³/mol. The molecule has 170 valence electrons. The van der Waals surface area contributed by atoms with Gasteiger partial charge < -0.3 is 20.1 Å². The van der Waals surface area contributed by atoms with Crippen molar-refractivity contribution < 1.29 is 24.9 Å². The van der Waals surface area contributed by atoms with Crippen molar-refractivity contribution in [3.63, 3.8) is 0 Å². The molecule has 3 atom stereocenters. The number of aliphatic hydroxyl groups is 3. The molecule has 0 radical (unpaired) electrons. The maximum Gasteiger partial charge on any atom is 0.312 e. The van der Waals surface area contributed by atoms with Crippen LogP contribution in [0, 0.1) is 28.1 Å². The number of hydrogen-bond donors (Lipinski definition) is 3. The van der Waals surface area contributed by atoms with Gasteiger partial charge in [-0.3, -0.25) is 4.79 Å². The van der Waals surface area contributed by atoms with Gasteiger partial charge in [0.1, 0.15) is 6.61 Å². The minimum atomic E-state index is -1.19. The second-order valence-electron chi connectivity index (χ2n) is 10.7. The van der Waals surface area contributed by atoms with Gasteiger partial charge in [0.25, 0.3) is 0 Å². The van der Waals surface area contributed by atoms with Crippen LogP contribution in [0.15, 0.2) is 22.8 Å². The Morgan fingerprint density at radius 2 is 1.80 bits per heavy atom. The summed E-state index contributed by atoms with van der Waals surface area (Å²) in [6, 6.07) is 0. The number of rotatable bonds is 7. The summed E-state index contributed by atoms with van der Waals surface area (Å²) in [7, 11) is 0. The quantitative estimate of drug-likeness (QED) is 0.546. The van der Waals surface area contributed by atoms with Crippen LogP contribution in [0.4, 0.5) is 0 Å². The third-order valence-corrected chi connectivity index (χ3v) is 8.46. The Balaban J connectivity index is 1.85. The van der Waals surface area contributed by atoms with E-state index in [1.807, 2.05) is 6.92 Å². The second-order valence-corrected chi connectivity index (χ2v) is 10.7. The average Bonchev–Trinajstić information content (AvgIpc) is 2.74. The summed E-state index contributed by atoms with van der Waals surface area (Å²) in [5.41, 5.74) is 2.84. The Labute approximate surface area is 181 Å². The van der Waals surface area contributed by atoms with Gasteiger partial charge in [0.05, 0.1) is 30.7 Å². The van der Waals surface area contributed by atoms with Gasteiger partial charge >= 0.3 is 5.97 Å². The molecule has 1 fully saturated rings. The normalized spacial score (nSPS) is 31.9. The van der Waals surface area contributed by atoms with E-state index in [1.165, 1.54) is 5.57 Å². The highest BCUT2D eigenvalue weighted by Gasteiger charge is 2.56. The fourth-order valence-electron chi connectivity index (χ4n) is 6.23. The standard InChI is InChI=1S/C25H40O5/c1-17(2)18-6-8-20-19(12-18)7-9-21-23(20,3)10-5-11-24(21,4)22(29)30-16-25(13-26,14-27)15-28/h12,17,21,26-28H,5-11,13-16H2,1-4H3/t21-,23-,24-/m1/s1. The van der Waals surface area contributed by atoms with Gasteiger partial charge in [0, 0.05) is 0 Å². The zero-order chi connectivity index (χ0) is 22.2. The van der Waals surface area contributed by atoms with Gasteiger partial charge in [-0.05, 0) is 68.3 Å². The number of hydrogen-bond acceptors (Lipinski definition) is 5. The first-order valence-electron chi connectivity index (χ1n) is 11.6. The van der Waals surface area contributed by atoms with E-state index in [0.29, 0.717) is 5.92 Å². The smallest absolute Gasteiger partial charge is 0.312 e. The van der Waals surface area contributed by atoms with Crippen LogP contribution in [0.1, 0.15) is 72.6 Å². The molecular weight excluding hydrogens is 380 g/mol. The molecule has 5 heteroatoms. The number of ether oxygens (including phenoxy) is 1. The van der Waals surface area contributed by atoms with Crippen LogP contribution in [-0.2, 0) is 9.53 Å². The van der Waals surface area contributed by atoms with E-state index in [9.17, 15) is 20.1 Å². The van der Waals surface area contributed by atoms with Gasteiger partial charge in [0.2, 0.25) is 0 Å². The first-order valence-corrected chi connectivity index (χ1v) is 11.6. The summed E-state index contributed by atoms with van der Waals surface area (Å²) in [6.45, 7) is 7.49. The van der Waals surface area contributed by atoms with Crippen molar-refractivity contribution in [1.82, 2.24) is 0 Å². The molecule has 30 heavy (non-hydrogen) atoms. The van der Waals surface area contributed by atoms with Crippen LogP contribution in [-0.4, -0.2) is 47.7 Å². The number of aliphatic hydroxyl groups excluding tert-OH is 3. The van der Waals surface area contributed by atoms with Crippen LogP contribution >= 0.6 is 0 Å². The maximum atomic E-state index is 13.3. The zero-order valence-corrected chi connectivity index (χ0v) is 19.2. The molecule has 0 aliphatic heterocycles. The summed E-state index contributed by atoms with van der Waals surface area (Å²) in [5.74, 6) is 0.559.